The van der Waals surface area contributed by atoms with Crippen LogP contribution in [0.3, 0.4) is 0 Å². The molecule has 2 aromatic carbocycles. The summed E-state index contributed by atoms with van der Waals surface area (Å²) in [4.78, 5) is 28.3. The predicted octanol–water partition coefficient (Wildman–Crippen LogP) is 2.74. The summed E-state index contributed by atoms with van der Waals surface area (Å²) in [7, 11) is 0. The smallest absolute Gasteiger partial charge is 0.240 e. The summed E-state index contributed by atoms with van der Waals surface area (Å²) in [6.45, 7) is 0. The number of thioether (sulfide) groups is 1. The molecular formula is C19H19N3O2S2. The molecule has 0 bridgehead atoms. The number of hydrogen-bond donors (Lipinski definition) is 2. The van der Waals surface area contributed by atoms with E-state index in [1.165, 1.54) is 11.8 Å². The molecule has 0 saturated heterocycles. The van der Waals surface area contributed by atoms with Crippen LogP contribution in [0.15, 0.2) is 54.6 Å². The molecule has 26 heavy (non-hydrogen) atoms. The Hall–Kier alpha value is -2.38. The normalized spacial score (nSPS) is 12.0. The van der Waals surface area contributed by atoms with Crippen LogP contribution in [0.1, 0.15) is 10.6 Å². The highest BCUT2D eigenvalue weighted by atomic mass is 32.2. The summed E-state index contributed by atoms with van der Waals surface area (Å²) in [5.41, 5.74) is 7.36. The van der Waals surface area contributed by atoms with E-state index in [2.05, 4.69) is 10.3 Å². The maximum Gasteiger partial charge on any atom is 0.240 e. The lowest BCUT2D eigenvalue weighted by Crippen LogP contribution is -2.46. The third-order valence-electron chi connectivity index (χ3n) is 3.76. The Balaban J connectivity index is 1.49. The molecule has 0 radical (unpaired) electrons. The van der Waals surface area contributed by atoms with E-state index < -0.39 is 11.9 Å². The van der Waals surface area contributed by atoms with Crippen LogP contribution >= 0.6 is 23.1 Å². The molecule has 7 heteroatoms. The number of para-hydroxylation sites is 1. The molecule has 0 fully saturated rings. The van der Waals surface area contributed by atoms with E-state index in [-0.39, 0.29) is 11.7 Å². The zero-order valence-corrected chi connectivity index (χ0v) is 15.7. The van der Waals surface area contributed by atoms with Gasteiger partial charge in [-0.2, -0.15) is 0 Å². The molecule has 0 spiro atoms. The van der Waals surface area contributed by atoms with Gasteiger partial charge >= 0.3 is 0 Å². The molecule has 0 aliphatic rings. The molecule has 0 aliphatic heterocycles. The first kappa shape index (κ1) is 18.4. The molecule has 1 unspecified atom stereocenters. The first-order valence-electron chi connectivity index (χ1n) is 8.16. The van der Waals surface area contributed by atoms with Crippen molar-refractivity contribution in [1.29, 1.82) is 0 Å². The summed E-state index contributed by atoms with van der Waals surface area (Å²) in [5, 5.41) is 3.71. The van der Waals surface area contributed by atoms with Crippen molar-refractivity contribution >= 4 is 45.1 Å². The number of primary amides is 1. The van der Waals surface area contributed by atoms with E-state index in [9.17, 15) is 9.59 Å². The molecule has 0 aliphatic carbocycles. The van der Waals surface area contributed by atoms with Crippen molar-refractivity contribution in [3.8, 4) is 0 Å². The van der Waals surface area contributed by atoms with Crippen LogP contribution in [0, 0.1) is 0 Å². The average molecular weight is 386 g/mol. The molecule has 2 amide bonds. The van der Waals surface area contributed by atoms with Gasteiger partial charge < -0.3 is 11.1 Å². The number of hydrogen-bond acceptors (Lipinski definition) is 5. The van der Waals surface area contributed by atoms with Gasteiger partial charge in [0.1, 0.15) is 11.0 Å². The monoisotopic (exact) mass is 385 g/mol. The minimum Gasteiger partial charge on any atom is -0.368 e. The second-order valence-electron chi connectivity index (χ2n) is 5.78. The number of benzene rings is 2. The zero-order valence-electron chi connectivity index (χ0n) is 14.1. The molecule has 134 valence electrons. The van der Waals surface area contributed by atoms with Gasteiger partial charge in [0, 0.05) is 12.2 Å². The molecule has 3 N–H and O–H groups in total. The first-order valence-corrected chi connectivity index (χ1v) is 10.1. The number of fused-ring (bicyclic) bond motifs is 1. The molecule has 3 aromatic rings. The Kier molecular flexibility index (Phi) is 6.25. The van der Waals surface area contributed by atoms with Crippen LogP contribution in [-0.2, 0) is 21.8 Å². The van der Waals surface area contributed by atoms with Crippen molar-refractivity contribution in [1.82, 2.24) is 10.3 Å². The van der Waals surface area contributed by atoms with Crippen LogP contribution in [0.4, 0.5) is 0 Å². The number of thiazole rings is 1. The zero-order chi connectivity index (χ0) is 18.4. The van der Waals surface area contributed by atoms with E-state index in [0.29, 0.717) is 12.2 Å². The number of carbonyl (C=O) groups excluding carboxylic acids is 2. The molecule has 3 rings (SSSR count). The lowest BCUT2D eigenvalue weighted by atomic mass is 10.1. The molecule has 0 saturated carbocycles. The third-order valence-corrected chi connectivity index (χ3v) is 5.92. The van der Waals surface area contributed by atoms with E-state index >= 15 is 0 Å². The summed E-state index contributed by atoms with van der Waals surface area (Å²) in [6, 6.07) is 16.8. The van der Waals surface area contributed by atoms with Crippen LogP contribution in [0.5, 0.6) is 0 Å². The summed E-state index contributed by atoms with van der Waals surface area (Å²) >= 11 is 3.11. The number of nitrogens with two attached hydrogens (primary N) is 1. The van der Waals surface area contributed by atoms with Gasteiger partial charge in [0.25, 0.3) is 0 Å². The van der Waals surface area contributed by atoms with Crippen molar-refractivity contribution < 1.29 is 9.59 Å². The molecule has 1 heterocycles. The van der Waals surface area contributed by atoms with Crippen LogP contribution < -0.4 is 11.1 Å². The maximum atomic E-state index is 12.2. The molecule has 1 atom stereocenters. The Labute approximate surface area is 160 Å². The van der Waals surface area contributed by atoms with E-state index in [4.69, 9.17) is 5.73 Å². The van der Waals surface area contributed by atoms with Gasteiger partial charge in [0.05, 0.1) is 16.0 Å². The topological polar surface area (TPSA) is 85.1 Å². The molecular weight excluding hydrogens is 366 g/mol. The minimum absolute atomic E-state index is 0.198. The van der Waals surface area contributed by atoms with Crippen molar-refractivity contribution in [2.45, 2.75) is 18.2 Å². The lowest BCUT2D eigenvalue weighted by Gasteiger charge is -2.15. The predicted molar refractivity (Wildman–Crippen MR) is 107 cm³/mol. The largest absolute Gasteiger partial charge is 0.368 e. The van der Waals surface area contributed by atoms with Gasteiger partial charge in [-0.1, -0.05) is 42.5 Å². The lowest BCUT2D eigenvalue weighted by molar-refractivity contribution is -0.125. The minimum atomic E-state index is -0.701. The van der Waals surface area contributed by atoms with E-state index in [1.807, 2.05) is 54.6 Å². The third kappa shape index (κ3) is 5.06. The van der Waals surface area contributed by atoms with Gasteiger partial charge in [-0.25, -0.2) is 4.98 Å². The number of aromatic nitrogens is 1. The summed E-state index contributed by atoms with van der Waals surface area (Å²) in [6.07, 6.45) is 0.393. The number of nitrogens with one attached hydrogen (secondary N) is 1. The SMILES string of the molecule is NC(=O)C(Cc1ccccc1)NC(=O)CSCc1nc2ccccc2s1. The van der Waals surface area contributed by atoms with Crippen LogP contribution in [0.25, 0.3) is 10.2 Å². The van der Waals surface area contributed by atoms with Gasteiger partial charge in [0.2, 0.25) is 11.8 Å². The van der Waals surface area contributed by atoms with Gasteiger partial charge in [0.15, 0.2) is 0 Å². The second kappa shape index (κ2) is 8.82. The highest BCUT2D eigenvalue weighted by Crippen LogP contribution is 2.24. The van der Waals surface area contributed by atoms with E-state index in [1.54, 1.807) is 11.3 Å². The Morgan fingerprint density at radius 3 is 2.58 bits per heavy atom. The second-order valence-corrected chi connectivity index (χ2v) is 7.88. The van der Waals surface area contributed by atoms with Crippen LogP contribution in [0.2, 0.25) is 0 Å². The van der Waals surface area contributed by atoms with Crippen molar-refractivity contribution in [2.24, 2.45) is 5.73 Å². The fourth-order valence-corrected chi connectivity index (χ4v) is 4.38. The number of carbonyl (C=O) groups is 2. The molecule has 1 aromatic heterocycles. The van der Waals surface area contributed by atoms with E-state index in [0.717, 1.165) is 20.8 Å². The average Bonchev–Trinajstić information content (AvgIpc) is 3.04. The van der Waals surface area contributed by atoms with Crippen molar-refractivity contribution in [3.05, 3.63) is 65.2 Å². The number of rotatable bonds is 8. The number of amides is 2. The summed E-state index contributed by atoms with van der Waals surface area (Å²) in [5.74, 6) is 0.190. The molecule has 5 nitrogen and oxygen atoms in total. The fourth-order valence-electron chi connectivity index (χ4n) is 2.52. The van der Waals surface area contributed by atoms with Crippen molar-refractivity contribution in [3.63, 3.8) is 0 Å². The quantitative estimate of drug-likeness (QED) is 0.624. The Morgan fingerprint density at radius 2 is 1.85 bits per heavy atom. The Bertz CT molecular complexity index is 863. The highest BCUT2D eigenvalue weighted by Gasteiger charge is 2.18. The Morgan fingerprint density at radius 1 is 1.12 bits per heavy atom. The van der Waals surface area contributed by atoms with Gasteiger partial charge in [-0.3, -0.25) is 9.59 Å². The highest BCUT2D eigenvalue weighted by molar-refractivity contribution is 7.99. The van der Waals surface area contributed by atoms with Crippen LogP contribution in [-0.4, -0.2) is 28.6 Å². The fraction of sp³-hybridized carbons (Fsp3) is 0.211. The van der Waals surface area contributed by atoms with Gasteiger partial charge in [-0.15, -0.1) is 23.1 Å². The standard InChI is InChI=1S/C19H19N3O2S2/c20-19(24)15(10-13-6-2-1-3-7-13)21-17(23)11-25-12-18-22-14-8-4-5-9-16(14)26-18/h1-9,15H,10-12H2,(H2,20,24)(H,21,23). The summed E-state index contributed by atoms with van der Waals surface area (Å²) < 4.78 is 1.14. The number of nitrogens with zero attached hydrogens (tertiary/aromatic N) is 1. The van der Waals surface area contributed by atoms with Crippen molar-refractivity contribution in [2.75, 3.05) is 5.75 Å². The first-order chi connectivity index (χ1) is 12.6. The maximum absolute atomic E-state index is 12.2. The van der Waals surface area contributed by atoms with Gasteiger partial charge in [-0.05, 0) is 17.7 Å².